The van der Waals surface area contributed by atoms with Crippen molar-refractivity contribution in [3.05, 3.63) is 106 Å². The molecule has 280 valence electrons. The Hall–Kier alpha value is -3.38. The Bertz CT molecular complexity index is 1190. The highest BCUT2D eigenvalue weighted by Gasteiger charge is 2.18. The van der Waals surface area contributed by atoms with Crippen LogP contribution < -0.4 is 10.1 Å². The van der Waals surface area contributed by atoms with Gasteiger partial charge in [0.25, 0.3) is 0 Å². The fraction of sp³-hybridized carbons (Fsp3) is 0.512. The molecule has 0 aliphatic heterocycles. The predicted molar refractivity (Wildman–Crippen MR) is 211 cm³/mol. The molecule has 3 aromatic carbocycles. The third-order valence-electron chi connectivity index (χ3n) is 7.08. The Kier molecular flexibility index (Phi) is 36.9. The van der Waals surface area contributed by atoms with E-state index < -0.39 is 6.61 Å². The molecule has 0 heterocycles. The van der Waals surface area contributed by atoms with Crippen LogP contribution in [0.5, 0.6) is 5.75 Å². The van der Waals surface area contributed by atoms with Crippen LogP contribution in [0, 0.1) is 19.7 Å². The van der Waals surface area contributed by atoms with Gasteiger partial charge in [0.05, 0.1) is 0 Å². The average molecular weight is 690 g/mol. The van der Waals surface area contributed by atoms with Gasteiger partial charge in [-0.15, -0.1) is 0 Å². The number of carbonyl (C=O) groups excluding carboxylic acids is 1. The second-order valence-electron chi connectivity index (χ2n) is 11.1. The largest absolute Gasteiger partial charge is 0.435 e. The maximum atomic E-state index is 12.2. The minimum absolute atomic E-state index is 0. The average Bonchev–Trinajstić information content (AvgIpc) is 3.06. The lowest BCUT2D eigenvalue weighted by Gasteiger charge is -2.28. The van der Waals surface area contributed by atoms with Crippen LogP contribution in [0.4, 0.5) is 13.2 Å². The lowest BCUT2D eigenvalue weighted by molar-refractivity contribution is -0.106. The standard InChI is InChI=1S/C11H14.C10H12F2O.C9H21N.C8H9F.C2H4O.C2H6.CH4/c1-4-5-11-7-6-9(2)10(3)8-11;1-2-4-8-5-3-6-9(7-8)13-10(11)12;1-5-7-9(3,10-4)8-6-2;1-2-7-3-5-8(9)6-4-7;1-2-3;1-2;/h4-8H,1-3H3;3,5-7,10H,2,4H2,1H3;10H,5-8H2,1-4H3;3-6H,2H2,1H3;2H,1H3;1-2H3;1H4/b5-4-;;;;;;. The van der Waals surface area contributed by atoms with Gasteiger partial charge >= 0.3 is 6.61 Å². The van der Waals surface area contributed by atoms with Crippen molar-refractivity contribution < 1.29 is 22.7 Å². The fourth-order valence-electron chi connectivity index (χ4n) is 4.43. The number of carbonyl (C=O) groups is 1. The third kappa shape index (κ3) is 29.3. The summed E-state index contributed by atoms with van der Waals surface area (Å²) in [6, 6.07) is 19.9. The van der Waals surface area contributed by atoms with Gasteiger partial charge < -0.3 is 14.8 Å². The molecule has 0 aromatic heterocycles. The Morgan fingerprint density at radius 2 is 1.37 bits per heavy atom. The van der Waals surface area contributed by atoms with Gasteiger partial charge in [0.15, 0.2) is 0 Å². The van der Waals surface area contributed by atoms with E-state index in [0.29, 0.717) is 5.54 Å². The SMILES string of the molecule is C.C/C=C\c1ccc(C)c(C)c1.CC.CC=O.CCCC(C)(CCC)NC.CCCc1cccc(OC(F)F)c1.CCc1ccc(F)cc1. The van der Waals surface area contributed by atoms with E-state index in [9.17, 15) is 13.2 Å². The van der Waals surface area contributed by atoms with Crippen molar-refractivity contribution in [1.29, 1.82) is 0 Å². The second-order valence-corrected chi connectivity index (χ2v) is 11.1. The molecule has 0 radical (unpaired) electrons. The maximum Gasteiger partial charge on any atom is 0.387 e. The zero-order valence-electron chi connectivity index (χ0n) is 32.1. The van der Waals surface area contributed by atoms with Gasteiger partial charge in [0, 0.05) is 5.54 Å². The number of benzene rings is 3. The number of hydrogen-bond donors (Lipinski definition) is 1. The summed E-state index contributed by atoms with van der Waals surface area (Å²) in [6.07, 6.45) is 12.9. The van der Waals surface area contributed by atoms with Crippen LogP contribution in [-0.4, -0.2) is 25.5 Å². The van der Waals surface area contributed by atoms with Crippen LogP contribution in [0.3, 0.4) is 0 Å². The number of ether oxygens (including phenoxy) is 1. The molecule has 0 aliphatic carbocycles. The fourth-order valence-corrected chi connectivity index (χ4v) is 4.43. The first-order valence-electron chi connectivity index (χ1n) is 17.5. The van der Waals surface area contributed by atoms with Crippen molar-refractivity contribution in [3.8, 4) is 5.75 Å². The highest BCUT2D eigenvalue weighted by molar-refractivity contribution is 5.51. The van der Waals surface area contributed by atoms with E-state index in [1.807, 2.05) is 40.7 Å². The number of aryl methyl sites for hydroxylation is 4. The molecule has 3 nitrogen and oxygen atoms in total. The number of halogens is 3. The number of hydrogen-bond acceptors (Lipinski definition) is 3. The summed E-state index contributed by atoms with van der Waals surface area (Å²) < 4.78 is 40.1. The molecular weight excluding hydrogens is 619 g/mol. The Morgan fingerprint density at radius 1 is 0.816 bits per heavy atom. The minimum atomic E-state index is -2.74. The van der Waals surface area contributed by atoms with Crippen molar-refractivity contribution in [2.45, 2.75) is 141 Å². The van der Waals surface area contributed by atoms with Gasteiger partial charge in [-0.3, -0.25) is 0 Å². The molecule has 3 aromatic rings. The predicted octanol–water partition coefficient (Wildman–Crippen LogP) is 13.4. The zero-order valence-corrected chi connectivity index (χ0v) is 32.1. The Balaban J connectivity index is -0.000000263. The summed E-state index contributed by atoms with van der Waals surface area (Å²) in [4.78, 5) is 8.81. The van der Waals surface area contributed by atoms with Crippen LogP contribution in [0.15, 0.2) is 72.8 Å². The molecule has 0 aliphatic rings. The second kappa shape index (κ2) is 34.5. The van der Waals surface area contributed by atoms with Gasteiger partial charge in [-0.25, -0.2) is 4.39 Å². The van der Waals surface area contributed by atoms with E-state index in [1.165, 1.54) is 73.1 Å². The van der Waals surface area contributed by atoms with E-state index in [0.717, 1.165) is 31.1 Å². The number of alkyl halides is 2. The van der Waals surface area contributed by atoms with Gasteiger partial charge in [0.2, 0.25) is 0 Å². The number of allylic oxidation sites excluding steroid dienone is 1. The molecule has 1 N–H and O–H groups in total. The first kappa shape index (κ1) is 52.4. The molecule has 0 saturated carbocycles. The molecule has 0 spiro atoms. The summed E-state index contributed by atoms with van der Waals surface area (Å²) in [5.74, 6) is 0.0770. The van der Waals surface area contributed by atoms with Gasteiger partial charge in [0.1, 0.15) is 17.9 Å². The van der Waals surface area contributed by atoms with Crippen LogP contribution in [0.2, 0.25) is 0 Å². The molecule has 0 fully saturated rings. The summed E-state index contributed by atoms with van der Waals surface area (Å²) in [5.41, 5.74) is 6.61. The van der Waals surface area contributed by atoms with Crippen molar-refractivity contribution in [2.24, 2.45) is 0 Å². The lowest BCUT2D eigenvalue weighted by atomic mass is 9.91. The van der Waals surface area contributed by atoms with E-state index in [2.05, 4.69) is 82.1 Å². The highest BCUT2D eigenvalue weighted by Crippen LogP contribution is 2.18. The molecule has 0 atom stereocenters. The molecule has 0 saturated heterocycles. The van der Waals surface area contributed by atoms with E-state index in [1.54, 1.807) is 24.3 Å². The summed E-state index contributed by atoms with van der Waals surface area (Å²) >= 11 is 0. The molecule has 6 heteroatoms. The summed E-state index contributed by atoms with van der Waals surface area (Å²) in [5, 5.41) is 3.38. The minimum Gasteiger partial charge on any atom is -0.435 e. The molecule has 49 heavy (non-hydrogen) atoms. The quantitative estimate of drug-likeness (QED) is 0.204. The topological polar surface area (TPSA) is 38.3 Å². The molecule has 0 amide bonds. The smallest absolute Gasteiger partial charge is 0.387 e. The van der Waals surface area contributed by atoms with Crippen molar-refractivity contribution in [2.75, 3.05) is 7.05 Å². The van der Waals surface area contributed by atoms with Crippen molar-refractivity contribution in [1.82, 2.24) is 5.32 Å². The van der Waals surface area contributed by atoms with Crippen LogP contribution >= 0.6 is 0 Å². The highest BCUT2D eigenvalue weighted by atomic mass is 19.3. The van der Waals surface area contributed by atoms with Crippen LogP contribution in [0.25, 0.3) is 6.08 Å². The lowest BCUT2D eigenvalue weighted by Crippen LogP contribution is -2.39. The van der Waals surface area contributed by atoms with E-state index in [4.69, 9.17) is 4.79 Å². The normalized spacial score (nSPS) is 9.80. The first-order chi connectivity index (χ1) is 22.9. The maximum absolute atomic E-state index is 12.2. The first-order valence-corrected chi connectivity index (χ1v) is 17.5. The number of nitrogens with one attached hydrogen (secondary N) is 1. The third-order valence-corrected chi connectivity index (χ3v) is 7.08. The van der Waals surface area contributed by atoms with Crippen molar-refractivity contribution >= 4 is 12.4 Å². The van der Waals surface area contributed by atoms with Crippen LogP contribution in [-0.2, 0) is 17.6 Å². The summed E-state index contributed by atoms with van der Waals surface area (Å²) in [6.45, 7) is 19.9. The van der Waals surface area contributed by atoms with Crippen LogP contribution in [0.1, 0.15) is 130 Å². The van der Waals surface area contributed by atoms with Gasteiger partial charge in [-0.2, -0.15) is 8.78 Å². The Labute approximate surface area is 299 Å². The van der Waals surface area contributed by atoms with Gasteiger partial charge in [-0.05, 0) is 119 Å². The Morgan fingerprint density at radius 3 is 1.78 bits per heavy atom. The summed E-state index contributed by atoms with van der Waals surface area (Å²) in [7, 11) is 2.06. The van der Waals surface area contributed by atoms with Gasteiger partial charge in [-0.1, -0.05) is 123 Å². The molecule has 3 rings (SSSR count). The molecule has 0 bridgehead atoms. The monoisotopic (exact) mass is 690 g/mol. The van der Waals surface area contributed by atoms with E-state index >= 15 is 0 Å². The molecular formula is C43H70F3NO2. The number of aldehydes is 1. The zero-order chi connectivity index (χ0) is 37.4. The van der Waals surface area contributed by atoms with Crippen molar-refractivity contribution in [3.63, 3.8) is 0 Å². The number of rotatable bonds is 11. The molecule has 0 unspecified atom stereocenters. The van der Waals surface area contributed by atoms with E-state index in [-0.39, 0.29) is 19.0 Å².